The van der Waals surface area contributed by atoms with Gasteiger partial charge >= 0.3 is 0 Å². The first-order chi connectivity index (χ1) is 7.04. The second-order valence-corrected chi connectivity index (χ2v) is 4.12. The van der Waals surface area contributed by atoms with Gasteiger partial charge in [-0.25, -0.2) is 4.98 Å². The largest absolute Gasteiger partial charge is 0.394 e. The first-order valence-corrected chi connectivity index (χ1v) is 5.22. The Kier molecular flexibility index (Phi) is 4.03. The van der Waals surface area contributed by atoms with E-state index in [-0.39, 0.29) is 12.6 Å². The van der Waals surface area contributed by atoms with Gasteiger partial charge in [0.15, 0.2) is 0 Å². The summed E-state index contributed by atoms with van der Waals surface area (Å²) >= 11 is 0. The number of aryl methyl sites for hydroxylation is 2. The minimum Gasteiger partial charge on any atom is -0.394 e. The van der Waals surface area contributed by atoms with Gasteiger partial charge in [0.2, 0.25) is 0 Å². The Morgan fingerprint density at radius 3 is 2.60 bits per heavy atom. The summed E-state index contributed by atoms with van der Waals surface area (Å²) < 4.78 is 0. The highest BCUT2D eigenvalue weighted by molar-refractivity contribution is 5.40. The van der Waals surface area contributed by atoms with Gasteiger partial charge in [-0.05, 0) is 19.8 Å². The molecule has 1 heterocycles. The number of hydrogen-bond donors (Lipinski definition) is 2. The number of nitrogens with zero attached hydrogens (tertiary/aromatic N) is 2. The van der Waals surface area contributed by atoms with Crippen molar-refractivity contribution in [2.24, 2.45) is 5.92 Å². The van der Waals surface area contributed by atoms with Gasteiger partial charge in [0.25, 0.3) is 0 Å². The molecule has 0 saturated heterocycles. The van der Waals surface area contributed by atoms with Crippen molar-refractivity contribution in [3.8, 4) is 0 Å². The zero-order valence-electron chi connectivity index (χ0n) is 9.78. The number of aliphatic hydroxyl groups excluding tert-OH is 1. The van der Waals surface area contributed by atoms with E-state index in [0.717, 1.165) is 17.2 Å². The molecule has 4 heteroatoms. The van der Waals surface area contributed by atoms with E-state index in [1.54, 1.807) is 6.20 Å². The van der Waals surface area contributed by atoms with Gasteiger partial charge in [0.05, 0.1) is 24.0 Å². The molecular formula is C11H19N3O. The van der Waals surface area contributed by atoms with Crippen LogP contribution in [0, 0.1) is 19.8 Å². The van der Waals surface area contributed by atoms with E-state index in [2.05, 4.69) is 29.1 Å². The zero-order chi connectivity index (χ0) is 11.4. The average Bonchev–Trinajstić information content (AvgIpc) is 2.18. The summed E-state index contributed by atoms with van der Waals surface area (Å²) in [5.74, 6) is 1.12. The number of hydrogen-bond acceptors (Lipinski definition) is 4. The van der Waals surface area contributed by atoms with Gasteiger partial charge in [-0.15, -0.1) is 0 Å². The standard InChI is InChI=1S/C11H19N3O/c1-7(2)10(6-15)14-11-9(4)12-5-8(3)13-11/h5,7,10,15H,6H2,1-4H3,(H,13,14). The lowest BCUT2D eigenvalue weighted by Crippen LogP contribution is -2.30. The second kappa shape index (κ2) is 5.07. The average molecular weight is 209 g/mol. The lowest BCUT2D eigenvalue weighted by Gasteiger charge is -2.21. The third-order valence-corrected chi connectivity index (χ3v) is 2.40. The second-order valence-electron chi connectivity index (χ2n) is 4.12. The highest BCUT2D eigenvalue weighted by Crippen LogP contribution is 2.13. The van der Waals surface area contributed by atoms with Crippen LogP contribution in [0.1, 0.15) is 25.2 Å². The van der Waals surface area contributed by atoms with Crippen molar-refractivity contribution in [2.75, 3.05) is 11.9 Å². The molecule has 0 aliphatic carbocycles. The van der Waals surface area contributed by atoms with E-state index in [4.69, 9.17) is 0 Å². The molecule has 0 aliphatic heterocycles. The number of rotatable bonds is 4. The van der Waals surface area contributed by atoms with Crippen LogP contribution in [0.25, 0.3) is 0 Å². The molecule has 1 aromatic rings. The molecule has 4 nitrogen and oxygen atoms in total. The third-order valence-electron chi connectivity index (χ3n) is 2.40. The summed E-state index contributed by atoms with van der Waals surface area (Å²) in [6, 6.07) is 0.0276. The molecule has 0 amide bonds. The van der Waals surface area contributed by atoms with Crippen LogP contribution in [0.4, 0.5) is 5.82 Å². The molecule has 1 rings (SSSR count). The lowest BCUT2D eigenvalue weighted by molar-refractivity contribution is 0.249. The predicted molar refractivity (Wildman–Crippen MR) is 60.8 cm³/mol. The van der Waals surface area contributed by atoms with Crippen LogP contribution < -0.4 is 5.32 Å². The quantitative estimate of drug-likeness (QED) is 0.789. The van der Waals surface area contributed by atoms with Gasteiger partial charge in [0.1, 0.15) is 5.82 Å². The summed E-state index contributed by atoms with van der Waals surface area (Å²) in [5, 5.41) is 12.4. The van der Waals surface area contributed by atoms with Gasteiger partial charge in [-0.3, -0.25) is 4.98 Å². The molecule has 84 valence electrons. The monoisotopic (exact) mass is 209 g/mol. The smallest absolute Gasteiger partial charge is 0.148 e. The summed E-state index contributed by atoms with van der Waals surface area (Å²) in [5.41, 5.74) is 1.74. The van der Waals surface area contributed by atoms with Crippen molar-refractivity contribution in [1.82, 2.24) is 9.97 Å². The molecule has 0 radical (unpaired) electrons. The Morgan fingerprint density at radius 1 is 1.40 bits per heavy atom. The summed E-state index contributed by atoms with van der Waals surface area (Å²) in [7, 11) is 0. The summed E-state index contributed by atoms with van der Waals surface area (Å²) in [6.07, 6.45) is 1.74. The van der Waals surface area contributed by atoms with Gasteiger partial charge in [-0.1, -0.05) is 13.8 Å². The topological polar surface area (TPSA) is 58.0 Å². The molecule has 1 aromatic heterocycles. The molecule has 0 bridgehead atoms. The van der Waals surface area contributed by atoms with E-state index >= 15 is 0 Å². The van der Waals surface area contributed by atoms with Crippen LogP contribution in [0.3, 0.4) is 0 Å². The van der Waals surface area contributed by atoms with Gasteiger partial charge in [0, 0.05) is 6.20 Å². The number of nitrogens with one attached hydrogen (secondary N) is 1. The van der Waals surface area contributed by atoms with Crippen LogP contribution in [0.5, 0.6) is 0 Å². The number of anilines is 1. The van der Waals surface area contributed by atoms with Crippen molar-refractivity contribution >= 4 is 5.82 Å². The lowest BCUT2D eigenvalue weighted by atomic mass is 10.1. The van der Waals surface area contributed by atoms with Crippen LogP contribution in [-0.4, -0.2) is 27.7 Å². The van der Waals surface area contributed by atoms with Crippen molar-refractivity contribution < 1.29 is 5.11 Å². The Labute approximate surface area is 90.8 Å². The molecule has 1 atom stereocenters. The van der Waals surface area contributed by atoms with Crippen LogP contribution >= 0.6 is 0 Å². The summed E-state index contributed by atoms with van der Waals surface area (Å²) in [6.45, 7) is 8.04. The Hall–Kier alpha value is -1.16. The minimum absolute atomic E-state index is 0.0276. The van der Waals surface area contributed by atoms with Crippen LogP contribution in [0.15, 0.2) is 6.20 Å². The first-order valence-electron chi connectivity index (χ1n) is 5.22. The molecule has 0 fully saturated rings. The fourth-order valence-corrected chi connectivity index (χ4v) is 1.27. The Bertz CT molecular complexity index is 326. The SMILES string of the molecule is Cc1cnc(C)c(NC(CO)C(C)C)n1. The van der Waals surface area contributed by atoms with E-state index in [1.165, 1.54) is 0 Å². The molecule has 1 unspecified atom stereocenters. The highest BCUT2D eigenvalue weighted by atomic mass is 16.3. The fourth-order valence-electron chi connectivity index (χ4n) is 1.27. The van der Waals surface area contributed by atoms with Gasteiger partial charge in [-0.2, -0.15) is 0 Å². The van der Waals surface area contributed by atoms with Crippen molar-refractivity contribution in [3.05, 3.63) is 17.6 Å². The van der Waals surface area contributed by atoms with Crippen LogP contribution in [-0.2, 0) is 0 Å². The normalized spacial score (nSPS) is 12.9. The van der Waals surface area contributed by atoms with Crippen molar-refractivity contribution in [2.45, 2.75) is 33.7 Å². The maximum Gasteiger partial charge on any atom is 0.148 e. The van der Waals surface area contributed by atoms with E-state index in [1.807, 2.05) is 13.8 Å². The molecule has 0 aliphatic rings. The Morgan fingerprint density at radius 2 is 2.07 bits per heavy atom. The third kappa shape index (κ3) is 3.16. The Balaban J connectivity index is 2.82. The summed E-state index contributed by atoms with van der Waals surface area (Å²) in [4.78, 5) is 8.58. The van der Waals surface area contributed by atoms with Crippen molar-refractivity contribution in [1.29, 1.82) is 0 Å². The van der Waals surface area contributed by atoms with E-state index in [0.29, 0.717) is 5.92 Å². The molecule has 15 heavy (non-hydrogen) atoms. The molecule has 0 saturated carbocycles. The molecular weight excluding hydrogens is 190 g/mol. The zero-order valence-corrected chi connectivity index (χ0v) is 9.78. The highest BCUT2D eigenvalue weighted by Gasteiger charge is 2.13. The molecule has 0 spiro atoms. The van der Waals surface area contributed by atoms with Crippen molar-refractivity contribution in [3.63, 3.8) is 0 Å². The van der Waals surface area contributed by atoms with E-state index in [9.17, 15) is 5.11 Å². The maximum atomic E-state index is 9.21. The van der Waals surface area contributed by atoms with Crippen LogP contribution in [0.2, 0.25) is 0 Å². The number of aliphatic hydroxyl groups is 1. The molecule has 0 aromatic carbocycles. The predicted octanol–water partition coefficient (Wildman–Crippen LogP) is 1.52. The maximum absolute atomic E-state index is 9.21. The number of aromatic nitrogens is 2. The van der Waals surface area contributed by atoms with E-state index < -0.39 is 0 Å². The molecule has 2 N–H and O–H groups in total. The first kappa shape index (κ1) is 11.9. The minimum atomic E-state index is 0.0276. The van der Waals surface area contributed by atoms with Gasteiger partial charge < -0.3 is 10.4 Å². The fraction of sp³-hybridized carbons (Fsp3) is 0.636.